The molecule has 1 rings (SSSR count). The van der Waals surface area contributed by atoms with Crippen molar-refractivity contribution in [2.45, 2.75) is 58.9 Å². The second kappa shape index (κ2) is 8.63. The van der Waals surface area contributed by atoms with Gasteiger partial charge in [0, 0.05) is 25.0 Å². The molecule has 2 N–H and O–H groups in total. The van der Waals surface area contributed by atoms with E-state index < -0.39 is 0 Å². The van der Waals surface area contributed by atoms with Crippen molar-refractivity contribution in [2.24, 2.45) is 5.92 Å². The Balaban J connectivity index is 1.96. The molecule has 4 heteroatoms. The Bertz CT molecular complexity index is 278. The number of likely N-dealkylation sites (tertiary alicyclic amines) is 1. The first-order valence-corrected chi connectivity index (χ1v) is 8.11. The summed E-state index contributed by atoms with van der Waals surface area (Å²) in [7, 11) is 0. The van der Waals surface area contributed by atoms with Crippen LogP contribution < -0.4 is 10.6 Å². The molecule has 0 atom stereocenters. The van der Waals surface area contributed by atoms with E-state index in [1.165, 1.54) is 25.9 Å². The molecular formula is C16H33N3O. The summed E-state index contributed by atoms with van der Waals surface area (Å²) in [5.41, 5.74) is 0.0890. The van der Waals surface area contributed by atoms with Gasteiger partial charge in [-0.2, -0.15) is 0 Å². The van der Waals surface area contributed by atoms with Gasteiger partial charge in [0.1, 0.15) is 0 Å². The smallest absolute Gasteiger partial charge is 0.221 e. The van der Waals surface area contributed by atoms with E-state index in [-0.39, 0.29) is 11.4 Å². The minimum Gasteiger partial charge on any atom is -0.356 e. The number of hydrogen-bond acceptors (Lipinski definition) is 3. The van der Waals surface area contributed by atoms with Crippen LogP contribution >= 0.6 is 0 Å². The zero-order valence-electron chi connectivity index (χ0n) is 13.8. The van der Waals surface area contributed by atoms with Gasteiger partial charge in [-0.1, -0.05) is 6.92 Å². The normalized spacial score (nSPS) is 18.2. The van der Waals surface area contributed by atoms with Crippen LogP contribution in [0.4, 0.5) is 0 Å². The van der Waals surface area contributed by atoms with Crippen molar-refractivity contribution < 1.29 is 4.79 Å². The highest BCUT2D eigenvalue weighted by Crippen LogP contribution is 2.15. The minimum atomic E-state index is 0.0890. The topological polar surface area (TPSA) is 44.4 Å². The molecule has 0 radical (unpaired) electrons. The van der Waals surface area contributed by atoms with Gasteiger partial charge in [-0.15, -0.1) is 0 Å². The number of carbonyl (C=O) groups is 1. The highest BCUT2D eigenvalue weighted by atomic mass is 16.1. The van der Waals surface area contributed by atoms with Crippen molar-refractivity contribution in [3.05, 3.63) is 0 Å². The van der Waals surface area contributed by atoms with Crippen LogP contribution in [0.3, 0.4) is 0 Å². The summed E-state index contributed by atoms with van der Waals surface area (Å²) in [6, 6.07) is 0. The largest absolute Gasteiger partial charge is 0.356 e. The summed E-state index contributed by atoms with van der Waals surface area (Å²) in [5, 5.41) is 6.34. The van der Waals surface area contributed by atoms with Crippen LogP contribution in [-0.4, -0.2) is 49.1 Å². The Hall–Kier alpha value is -0.610. The molecule has 118 valence electrons. The van der Waals surface area contributed by atoms with Gasteiger partial charge >= 0.3 is 0 Å². The fraction of sp³-hybridized carbons (Fsp3) is 0.938. The van der Waals surface area contributed by atoms with Crippen LogP contribution in [0.25, 0.3) is 0 Å². The third-order valence-electron chi connectivity index (χ3n) is 3.86. The number of nitrogens with one attached hydrogen (secondary N) is 2. The minimum absolute atomic E-state index is 0.0890. The number of rotatable bonds is 7. The maximum atomic E-state index is 11.7. The number of nitrogens with zero attached hydrogens (tertiary/aromatic N) is 1. The Kier molecular flexibility index (Phi) is 7.52. The number of hydrogen-bond donors (Lipinski definition) is 2. The number of amides is 1. The molecular weight excluding hydrogens is 250 g/mol. The van der Waals surface area contributed by atoms with Crippen LogP contribution in [0.5, 0.6) is 0 Å². The van der Waals surface area contributed by atoms with E-state index in [0.717, 1.165) is 32.0 Å². The highest BCUT2D eigenvalue weighted by molar-refractivity contribution is 5.75. The lowest BCUT2D eigenvalue weighted by Gasteiger charge is -2.30. The Labute approximate surface area is 124 Å². The first kappa shape index (κ1) is 17.4. The molecule has 4 nitrogen and oxygen atoms in total. The molecule has 1 saturated heterocycles. The summed E-state index contributed by atoms with van der Waals surface area (Å²) in [6.45, 7) is 13.8. The van der Waals surface area contributed by atoms with Gasteiger partial charge in [-0.3, -0.25) is 4.79 Å². The van der Waals surface area contributed by atoms with E-state index in [0.29, 0.717) is 6.42 Å². The number of carbonyl (C=O) groups excluding carboxylic acids is 1. The summed E-state index contributed by atoms with van der Waals surface area (Å²) >= 11 is 0. The molecule has 0 aromatic heterocycles. The van der Waals surface area contributed by atoms with Crippen molar-refractivity contribution in [2.75, 3.05) is 32.7 Å². The number of piperidine rings is 1. The van der Waals surface area contributed by atoms with Gasteiger partial charge < -0.3 is 15.5 Å². The van der Waals surface area contributed by atoms with Crippen molar-refractivity contribution in [3.8, 4) is 0 Å². The fourth-order valence-corrected chi connectivity index (χ4v) is 2.46. The summed E-state index contributed by atoms with van der Waals surface area (Å²) < 4.78 is 0. The lowest BCUT2D eigenvalue weighted by Crippen LogP contribution is -2.39. The van der Waals surface area contributed by atoms with E-state index in [9.17, 15) is 4.79 Å². The average molecular weight is 283 g/mol. The quantitative estimate of drug-likeness (QED) is 0.703. The molecule has 0 unspecified atom stereocenters. The van der Waals surface area contributed by atoms with E-state index in [2.05, 4.69) is 43.2 Å². The molecule has 0 aliphatic carbocycles. The lowest BCUT2D eigenvalue weighted by molar-refractivity contribution is -0.121. The predicted molar refractivity (Wildman–Crippen MR) is 84.8 cm³/mol. The maximum absolute atomic E-state index is 11.7. The van der Waals surface area contributed by atoms with Crippen LogP contribution in [0, 0.1) is 5.92 Å². The third kappa shape index (κ3) is 8.54. The van der Waals surface area contributed by atoms with E-state index in [1.807, 2.05) is 0 Å². The van der Waals surface area contributed by atoms with Gasteiger partial charge in [-0.05, 0) is 65.6 Å². The third-order valence-corrected chi connectivity index (χ3v) is 3.86. The summed E-state index contributed by atoms with van der Waals surface area (Å²) in [6.07, 6.45) is 4.28. The first-order valence-electron chi connectivity index (χ1n) is 8.11. The van der Waals surface area contributed by atoms with E-state index in [1.54, 1.807) is 0 Å². The van der Waals surface area contributed by atoms with Gasteiger partial charge in [0.05, 0.1) is 0 Å². The molecule has 1 heterocycles. The first-order chi connectivity index (χ1) is 9.37. The molecule has 0 aromatic rings. The van der Waals surface area contributed by atoms with Crippen molar-refractivity contribution in [3.63, 3.8) is 0 Å². The van der Waals surface area contributed by atoms with Gasteiger partial charge in [-0.25, -0.2) is 0 Å². The molecule has 20 heavy (non-hydrogen) atoms. The van der Waals surface area contributed by atoms with Crippen LogP contribution in [-0.2, 0) is 4.79 Å². The highest BCUT2D eigenvalue weighted by Gasteiger charge is 2.15. The molecule has 1 amide bonds. The standard InChI is InChI=1S/C16H33N3O/c1-14-7-12-19(13-8-14)11-5-9-17-15(20)6-10-18-16(2,3)4/h14,18H,5-13H2,1-4H3,(H,17,20). The van der Waals surface area contributed by atoms with E-state index in [4.69, 9.17) is 0 Å². The molecule has 0 aromatic carbocycles. The molecule has 1 aliphatic heterocycles. The molecule has 0 spiro atoms. The Morgan fingerprint density at radius 3 is 2.45 bits per heavy atom. The van der Waals surface area contributed by atoms with Crippen molar-refractivity contribution in [1.29, 1.82) is 0 Å². The molecule has 0 bridgehead atoms. The zero-order valence-corrected chi connectivity index (χ0v) is 13.8. The molecule has 1 aliphatic rings. The van der Waals surface area contributed by atoms with Crippen molar-refractivity contribution in [1.82, 2.24) is 15.5 Å². The Morgan fingerprint density at radius 1 is 1.20 bits per heavy atom. The van der Waals surface area contributed by atoms with Gasteiger partial charge in [0.15, 0.2) is 0 Å². The average Bonchev–Trinajstić information content (AvgIpc) is 2.35. The second-order valence-electron chi connectivity index (χ2n) is 7.15. The zero-order chi connectivity index (χ0) is 15.0. The molecule has 1 fully saturated rings. The fourth-order valence-electron chi connectivity index (χ4n) is 2.46. The predicted octanol–water partition coefficient (Wildman–Crippen LogP) is 2.00. The SMILES string of the molecule is CC1CCN(CCCNC(=O)CCNC(C)(C)C)CC1. The lowest BCUT2D eigenvalue weighted by atomic mass is 9.99. The molecule has 0 saturated carbocycles. The van der Waals surface area contributed by atoms with Gasteiger partial charge in [0.2, 0.25) is 5.91 Å². The summed E-state index contributed by atoms with van der Waals surface area (Å²) in [5.74, 6) is 1.05. The maximum Gasteiger partial charge on any atom is 0.221 e. The Morgan fingerprint density at radius 2 is 1.85 bits per heavy atom. The second-order valence-corrected chi connectivity index (χ2v) is 7.15. The van der Waals surface area contributed by atoms with Crippen LogP contribution in [0.2, 0.25) is 0 Å². The van der Waals surface area contributed by atoms with Gasteiger partial charge in [0.25, 0.3) is 0 Å². The van der Waals surface area contributed by atoms with E-state index >= 15 is 0 Å². The van der Waals surface area contributed by atoms with Crippen LogP contribution in [0.1, 0.15) is 53.4 Å². The van der Waals surface area contributed by atoms with Crippen LogP contribution in [0.15, 0.2) is 0 Å². The van der Waals surface area contributed by atoms with Crippen molar-refractivity contribution >= 4 is 5.91 Å². The monoisotopic (exact) mass is 283 g/mol. The summed E-state index contributed by atoms with van der Waals surface area (Å²) in [4.78, 5) is 14.2.